The quantitative estimate of drug-likeness (QED) is 0.932. The fraction of sp³-hybridized carbons (Fsp3) is 0.0667. The molecule has 6 heteroatoms. The number of sulfonamides is 1. The van der Waals surface area contributed by atoms with Crippen LogP contribution >= 0.6 is 0 Å². The molecule has 0 aliphatic carbocycles. The van der Waals surface area contributed by atoms with Crippen molar-refractivity contribution in [2.75, 3.05) is 0 Å². The van der Waals surface area contributed by atoms with Gasteiger partial charge in [0.15, 0.2) is 0 Å². The van der Waals surface area contributed by atoms with E-state index in [0.717, 1.165) is 5.56 Å². The molecule has 0 aliphatic heterocycles. The van der Waals surface area contributed by atoms with E-state index in [2.05, 4.69) is 4.72 Å². The van der Waals surface area contributed by atoms with Crippen LogP contribution < -0.4 is 4.72 Å². The van der Waals surface area contributed by atoms with E-state index in [1.54, 1.807) is 30.3 Å². The Morgan fingerprint density at radius 1 is 0.952 bits per heavy atom. The molecule has 0 amide bonds. The van der Waals surface area contributed by atoms with Crippen molar-refractivity contribution in [1.82, 2.24) is 4.72 Å². The largest absolute Gasteiger partial charge is 0.240 e. The first-order chi connectivity index (χ1) is 10.0. The van der Waals surface area contributed by atoms with Gasteiger partial charge in [-0.25, -0.2) is 13.1 Å². The molecule has 2 aromatic rings. The van der Waals surface area contributed by atoms with Crippen LogP contribution in [-0.4, -0.2) is 8.42 Å². The number of benzene rings is 2. The normalized spacial score (nSPS) is 10.6. The molecule has 0 spiro atoms. The van der Waals surface area contributed by atoms with Crippen molar-refractivity contribution >= 4 is 10.0 Å². The van der Waals surface area contributed by atoms with E-state index in [9.17, 15) is 8.42 Å². The third-order valence-corrected chi connectivity index (χ3v) is 4.22. The molecular formula is C15H11N3O2S. The smallest absolute Gasteiger partial charge is 0.207 e. The van der Waals surface area contributed by atoms with Crippen LogP contribution in [0.2, 0.25) is 0 Å². The van der Waals surface area contributed by atoms with E-state index in [0.29, 0.717) is 5.56 Å². The highest BCUT2D eigenvalue weighted by atomic mass is 32.2. The van der Waals surface area contributed by atoms with Crippen molar-refractivity contribution < 1.29 is 8.42 Å². The molecule has 0 aliphatic rings. The Morgan fingerprint density at radius 2 is 1.62 bits per heavy atom. The number of nitriles is 2. The Morgan fingerprint density at radius 3 is 2.24 bits per heavy atom. The highest BCUT2D eigenvalue weighted by molar-refractivity contribution is 7.89. The third-order valence-electron chi connectivity index (χ3n) is 2.82. The molecule has 0 bridgehead atoms. The molecule has 21 heavy (non-hydrogen) atoms. The number of nitrogens with one attached hydrogen (secondary N) is 1. The number of rotatable bonds is 4. The summed E-state index contributed by atoms with van der Waals surface area (Å²) in [6.45, 7) is 0.116. The summed E-state index contributed by atoms with van der Waals surface area (Å²) in [5, 5.41) is 17.5. The predicted octanol–water partition coefficient (Wildman–Crippen LogP) is 1.91. The minimum atomic E-state index is -3.67. The molecule has 0 atom stereocenters. The van der Waals surface area contributed by atoms with Gasteiger partial charge in [0.05, 0.1) is 28.2 Å². The zero-order chi connectivity index (χ0) is 15.3. The van der Waals surface area contributed by atoms with Gasteiger partial charge in [-0.3, -0.25) is 0 Å². The molecule has 5 nitrogen and oxygen atoms in total. The van der Waals surface area contributed by atoms with Gasteiger partial charge in [-0.05, 0) is 35.9 Å². The molecule has 2 rings (SSSR count). The van der Waals surface area contributed by atoms with Crippen LogP contribution in [0.3, 0.4) is 0 Å². The lowest BCUT2D eigenvalue weighted by atomic mass is 10.1. The Kier molecular flexibility index (Phi) is 4.34. The predicted molar refractivity (Wildman–Crippen MR) is 76.3 cm³/mol. The Labute approximate surface area is 123 Å². The SMILES string of the molecule is N#Cc1ccc(CNS(=O)(=O)c2cccc(C#N)c2)cc1. The van der Waals surface area contributed by atoms with Crippen molar-refractivity contribution in [3.05, 3.63) is 65.2 Å². The molecule has 0 saturated heterocycles. The molecule has 0 heterocycles. The fourth-order valence-electron chi connectivity index (χ4n) is 1.69. The van der Waals surface area contributed by atoms with Crippen LogP contribution in [0.5, 0.6) is 0 Å². The highest BCUT2D eigenvalue weighted by Gasteiger charge is 2.14. The number of hydrogen-bond donors (Lipinski definition) is 1. The lowest BCUT2D eigenvalue weighted by Crippen LogP contribution is -2.23. The molecule has 104 valence electrons. The standard InChI is InChI=1S/C15H11N3O2S/c16-9-12-4-6-13(7-5-12)11-18-21(19,20)15-3-1-2-14(8-15)10-17/h1-8,18H,11H2. The van der Waals surface area contributed by atoms with Gasteiger partial charge in [0.25, 0.3) is 0 Å². The van der Waals surface area contributed by atoms with Gasteiger partial charge in [-0.2, -0.15) is 10.5 Å². The Hall–Kier alpha value is -2.67. The van der Waals surface area contributed by atoms with Crippen molar-refractivity contribution in [3.63, 3.8) is 0 Å². The van der Waals surface area contributed by atoms with E-state index in [1.807, 2.05) is 12.1 Å². The summed E-state index contributed by atoms with van der Waals surface area (Å²) in [7, 11) is -3.67. The summed E-state index contributed by atoms with van der Waals surface area (Å²) in [4.78, 5) is 0.0511. The van der Waals surface area contributed by atoms with Gasteiger partial charge < -0.3 is 0 Å². The van der Waals surface area contributed by atoms with Crippen molar-refractivity contribution in [3.8, 4) is 12.1 Å². The average Bonchev–Trinajstić information content (AvgIpc) is 2.53. The Bertz CT molecular complexity index is 828. The van der Waals surface area contributed by atoms with Gasteiger partial charge in [-0.15, -0.1) is 0 Å². The highest BCUT2D eigenvalue weighted by Crippen LogP contribution is 2.12. The van der Waals surface area contributed by atoms with Gasteiger partial charge in [0, 0.05) is 6.54 Å². The van der Waals surface area contributed by atoms with Crippen molar-refractivity contribution in [2.24, 2.45) is 0 Å². The second-order valence-electron chi connectivity index (χ2n) is 4.27. The monoisotopic (exact) mass is 297 g/mol. The maximum atomic E-state index is 12.1. The maximum Gasteiger partial charge on any atom is 0.240 e. The topological polar surface area (TPSA) is 93.8 Å². The maximum absolute atomic E-state index is 12.1. The molecule has 0 aromatic heterocycles. The van der Waals surface area contributed by atoms with E-state index in [4.69, 9.17) is 10.5 Å². The van der Waals surface area contributed by atoms with Gasteiger partial charge in [0.2, 0.25) is 10.0 Å². The van der Waals surface area contributed by atoms with E-state index in [-0.39, 0.29) is 17.0 Å². The summed E-state index contributed by atoms with van der Waals surface area (Å²) in [5.74, 6) is 0. The van der Waals surface area contributed by atoms with Crippen LogP contribution in [0, 0.1) is 22.7 Å². The number of hydrogen-bond acceptors (Lipinski definition) is 4. The first kappa shape index (κ1) is 14.7. The molecule has 0 radical (unpaired) electrons. The summed E-state index contributed by atoms with van der Waals surface area (Å²) in [6, 6.07) is 16.3. The second-order valence-corrected chi connectivity index (χ2v) is 6.04. The summed E-state index contributed by atoms with van der Waals surface area (Å²) in [5.41, 5.74) is 1.55. The number of nitrogens with zero attached hydrogens (tertiary/aromatic N) is 2. The molecule has 1 N–H and O–H groups in total. The van der Waals surface area contributed by atoms with Crippen LogP contribution in [0.4, 0.5) is 0 Å². The zero-order valence-corrected chi connectivity index (χ0v) is 11.8. The van der Waals surface area contributed by atoms with Crippen molar-refractivity contribution in [1.29, 1.82) is 10.5 Å². The van der Waals surface area contributed by atoms with E-state index in [1.165, 1.54) is 18.2 Å². The van der Waals surface area contributed by atoms with Gasteiger partial charge >= 0.3 is 0 Å². The first-order valence-electron chi connectivity index (χ1n) is 6.04. The van der Waals surface area contributed by atoms with Crippen LogP contribution in [0.15, 0.2) is 53.4 Å². The molecular weight excluding hydrogens is 286 g/mol. The average molecular weight is 297 g/mol. The van der Waals surface area contributed by atoms with Gasteiger partial charge in [-0.1, -0.05) is 18.2 Å². The summed E-state index contributed by atoms with van der Waals surface area (Å²) in [6.07, 6.45) is 0. The van der Waals surface area contributed by atoms with Crippen molar-refractivity contribution in [2.45, 2.75) is 11.4 Å². The molecule has 0 fully saturated rings. The van der Waals surface area contributed by atoms with Crippen LogP contribution in [-0.2, 0) is 16.6 Å². The minimum absolute atomic E-state index is 0.0511. The van der Waals surface area contributed by atoms with E-state index < -0.39 is 10.0 Å². The first-order valence-corrected chi connectivity index (χ1v) is 7.52. The lowest BCUT2D eigenvalue weighted by Gasteiger charge is -2.07. The fourth-order valence-corrected chi connectivity index (χ4v) is 2.75. The minimum Gasteiger partial charge on any atom is -0.207 e. The summed E-state index contributed by atoms with van der Waals surface area (Å²) >= 11 is 0. The van der Waals surface area contributed by atoms with Crippen LogP contribution in [0.1, 0.15) is 16.7 Å². The van der Waals surface area contributed by atoms with Gasteiger partial charge in [0.1, 0.15) is 0 Å². The zero-order valence-electron chi connectivity index (χ0n) is 10.9. The molecule has 0 unspecified atom stereocenters. The molecule has 0 saturated carbocycles. The molecule has 2 aromatic carbocycles. The third kappa shape index (κ3) is 3.67. The van der Waals surface area contributed by atoms with E-state index >= 15 is 0 Å². The lowest BCUT2D eigenvalue weighted by molar-refractivity contribution is 0.581. The summed E-state index contributed by atoms with van der Waals surface area (Å²) < 4.78 is 26.7. The van der Waals surface area contributed by atoms with Crippen LogP contribution in [0.25, 0.3) is 0 Å². The second kappa shape index (κ2) is 6.19. The Balaban J connectivity index is 2.14.